The number of carbonyl (C=O) groups excluding carboxylic acids is 2. The minimum Gasteiger partial charge on any atom is -0.497 e. The van der Waals surface area contributed by atoms with Gasteiger partial charge in [-0.25, -0.2) is 0 Å². The maximum atomic E-state index is 13.5. The molecule has 0 saturated carbocycles. The second-order valence-electron chi connectivity index (χ2n) is 8.56. The van der Waals surface area contributed by atoms with Crippen molar-refractivity contribution in [3.05, 3.63) is 59.8 Å². The molecule has 180 valence electrons. The molecule has 1 saturated heterocycles. The van der Waals surface area contributed by atoms with E-state index in [9.17, 15) is 9.59 Å². The first-order valence-corrected chi connectivity index (χ1v) is 11.8. The van der Waals surface area contributed by atoms with E-state index in [-0.39, 0.29) is 23.7 Å². The number of fused-ring (bicyclic) bond motifs is 1. The number of hydrogen-bond donors (Lipinski definition) is 1. The Hall–Kier alpha value is -3.48. The summed E-state index contributed by atoms with van der Waals surface area (Å²) in [6.07, 6.45) is 3.55. The van der Waals surface area contributed by atoms with Crippen LogP contribution in [0.4, 0.5) is 0 Å². The van der Waals surface area contributed by atoms with Crippen molar-refractivity contribution in [1.29, 1.82) is 0 Å². The number of nitrogens with zero attached hydrogens (tertiary/aromatic N) is 1. The molecule has 1 aromatic heterocycles. The molecule has 1 atom stereocenters. The number of nitrogens with one attached hydrogen (secondary N) is 1. The first kappa shape index (κ1) is 23.7. The van der Waals surface area contributed by atoms with Crippen molar-refractivity contribution in [3.8, 4) is 11.5 Å². The van der Waals surface area contributed by atoms with Crippen molar-refractivity contribution >= 4 is 22.8 Å². The lowest BCUT2D eigenvalue weighted by atomic mass is 9.86. The standard InChI is InChI=1S/C27H32N2O5/c1-4-34-27(31)18-11-13-29(14-12-18)26(30)16-22(21-10-9-19(32-2)15-25(21)33-3)23-17-28-24-8-6-5-7-20(23)24/h5-10,15,17-18,22,28H,4,11-14,16H2,1-3H3. The summed E-state index contributed by atoms with van der Waals surface area (Å²) in [6.45, 7) is 3.31. The number of piperidine rings is 1. The van der Waals surface area contributed by atoms with Crippen LogP contribution in [0, 0.1) is 5.92 Å². The van der Waals surface area contributed by atoms with E-state index in [2.05, 4.69) is 11.1 Å². The zero-order valence-corrected chi connectivity index (χ0v) is 20.0. The second kappa shape index (κ2) is 10.6. The first-order valence-electron chi connectivity index (χ1n) is 11.8. The minimum absolute atomic E-state index is 0.0652. The molecule has 1 unspecified atom stereocenters. The number of aromatic amines is 1. The Bertz CT molecular complexity index is 1150. The third-order valence-electron chi connectivity index (χ3n) is 6.66. The van der Waals surface area contributed by atoms with E-state index in [1.165, 1.54) is 0 Å². The maximum absolute atomic E-state index is 13.5. The summed E-state index contributed by atoms with van der Waals surface area (Å²) in [5, 5.41) is 1.08. The highest BCUT2D eigenvalue weighted by atomic mass is 16.5. The number of para-hydroxylation sites is 1. The van der Waals surface area contributed by atoms with E-state index in [0.29, 0.717) is 50.5 Å². The number of rotatable bonds is 8. The molecule has 4 rings (SSSR count). The quantitative estimate of drug-likeness (QED) is 0.496. The van der Waals surface area contributed by atoms with Crippen LogP contribution in [-0.2, 0) is 14.3 Å². The molecule has 0 radical (unpaired) electrons. The fourth-order valence-electron chi connectivity index (χ4n) is 4.80. The summed E-state index contributed by atoms with van der Waals surface area (Å²) < 4.78 is 16.2. The summed E-state index contributed by atoms with van der Waals surface area (Å²) in [5.41, 5.74) is 3.01. The number of benzene rings is 2. The van der Waals surface area contributed by atoms with Gasteiger partial charge in [0.05, 0.1) is 26.7 Å². The summed E-state index contributed by atoms with van der Waals surface area (Å²) in [6, 6.07) is 13.8. The van der Waals surface area contributed by atoms with Crippen molar-refractivity contribution in [2.45, 2.75) is 32.1 Å². The van der Waals surface area contributed by atoms with Crippen molar-refractivity contribution in [2.75, 3.05) is 33.9 Å². The van der Waals surface area contributed by atoms with Gasteiger partial charge in [0.15, 0.2) is 0 Å². The van der Waals surface area contributed by atoms with E-state index in [4.69, 9.17) is 14.2 Å². The lowest BCUT2D eigenvalue weighted by Crippen LogP contribution is -2.41. The predicted molar refractivity (Wildman–Crippen MR) is 130 cm³/mol. The molecule has 34 heavy (non-hydrogen) atoms. The van der Waals surface area contributed by atoms with Crippen LogP contribution >= 0.6 is 0 Å². The van der Waals surface area contributed by atoms with Gasteiger partial charge in [-0.1, -0.05) is 24.3 Å². The SMILES string of the molecule is CCOC(=O)C1CCN(C(=O)CC(c2ccc(OC)cc2OC)c2c[nH]c3ccccc23)CC1. The third-order valence-corrected chi connectivity index (χ3v) is 6.66. The number of methoxy groups -OCH3 is 2. The highest BCUT2D eigenvalue weighted by Gasteiger charge is 2.31. The van der Waals surface area contributed by atoms with Gasteiger partial charge in [-0.3, -0.25) is 9.59 Å². The van der Waals surface area contributed by atoms with Gasteiger partial charge in [-0.15, -0.1) is 0 Å². The van der Waals surface area contributed by atoms with E-state index in [0.717, 1.165) is 22.0 Å². The van der Waals surface area contributed by atoms with E-state index >= 15 is 0 Å². The number of carbonyl (C=O) groups is 2. The van der Waals surface area contributed by atoms with Crippen molar-refractivity contribution in [2.24, 2.45) is 5.92 Å². The number of likely N-dealkylation sites (tertiary alicyclic amines) is 1. The topological polar surface area (TPSA) is 80.9 Å². The van der Waals surface area contributed by atoms with Gasteiger partial charge in [0.2, 0.25) is 5.91 Å². The van der Waals surface area contributed by atoms with Gasteiger partial charge >= 0.3 is 5.97 Å². The summed E-state index contributed by atoms with van der Waals surface area (Å²) >= 11 is 0. The summed E-state index contributed by atoms with van der Waals surface area (Å²) in [5.74, 6) is 0.959. The van der Waals surface area contributed by atoms with Crippen LogP contribution in [-0.4, -0.2) is 55.7 Å². The maximum Gasteiger partial charge on any atom is 0.309 e. The fourth-order valence-corrected chi connectivity index (χ4v) is 4.80. The Morgan fingerprint density at radius 1 is 1.06 bits per heavy atom. The van der Waals surface area contributed by atoms with E-state index < -0.39 is 0 Å². The highest BCUT2D eigenvalue weighted by Crippen LogP contribution is 2.40. The molecular formula is C27H32N2O5. The third kappa shape index (κ3) is 4.88. The van der Waals surface area contributed by atoms with Crippen LogP contribution in [0.1, 0.15) is 43.2 Å². The van der Waals surface area contributed by atoms with Gasteiger partial charge in [-0.05, 0) is 37.5 Å². The lowest BCUT2D eigenvalue weighted by Gasteiger charge is -2.32. The molecule has 0 spiro atoms. The zero-order valence-electron chi connectivity index (χ0n) is 20.0. The molecule has 0 aliphatic carbocycles. The van der Waals surface area contributed by atoms with Crippen molar-refractivity contribution in [3.63, 3.8) is 0 Å². The van der Waals surface area contributed by atoms with Gasteiger partial charge in [-0.2, -0.15) is 0 Å². The minimum atomic E-state index is -0.202. The molecule has 1 aliphatic heterocycles. The molecule has 0 bridgehead atoms. The predicted octanol–water partition coefficient (Wildman–Crippen LogP) is 4.51. The molecular weight excluding hydrogens is 432 g/mol. The van der Waals surface area contributed by atoms with Crippen molar-refractivity contribution < 1.29 is 23.8 Å². The second-order valence-corrected chi connectivity index (χ2v) is 8.56. The van der Waals surface area contributed by atoms with Gasteiger partial charge in [0, 0.05) is 54.2 Å². The van der Waals surface area contributed by atoms with Gasteiger partial charge in [0.25, 0.3) is 0 Å². The fraction of sp³-hybridized carbons (Fsp3) is 0.407. The first-order chi connectivity index (χ1) is 16.5. The number of ether oxygens (including phenoxy) is 3. The van der Waals surface area contributed by atoms with Crippen LogP contribution in [0.2, 0.25) is 0 Å². The number of hydrogen-bond acceptors (Lipinski definition) is 5. The van der Waals surface area contributed by atoms with Crippen LogP contribution < -0.4 is 9.47 Å². The average Bonchev–Trinajstić information content (AvgIpc) is 3.31. The Morgan fingerprint density at radius 2 is 1.82 bits per heavy atom. The highest BCUT2D eigenvalue weighted by molar-refractivity contribution is 5.86. The molecule has 7 nitrogen and oxygen atoms in total. The molecule has 3 aromatic rings. The molecule has 2 heterocycles. The number of H-pyrrole nitrogens is 1. The smallest absolute Gasteiger partial charge is 0.309 e. The zero-order chi connectivity index (χ0) is 24.1. The summed E-state index contributed by atoms with van der Waals surface area (Å²) in [7, 11) is 3.25. The normalized spacial score (nSPS) is 15.2. The molecule has 1 N–H and O–H groups in total. The van der Waals surface area contributed by atoms with Crippen LogP contribution in [0.15, 0.2) is 48.7 Å². The van der Waals surface area contributed by atoms with E-state index in [1.54, 1.807) is 14.2 Å². The summed E-state index contributed by atoms with van der Waals surface area (Å²) in [4.78, 5) is 30.8. The number of amides is 1. The number of esters is 1. The average molecular weight is 465 g/mol. The van der Waals surface area contributed by atoms with Gasteiger partial charge < -0.3 is 24.1 Å². The number of aromatic nitrogens is 1. The largest absolute Gasteiger partial charge is 0.497 e. The van der Waals surface area contributed by atoms with Crippen LogP contribution in [0.3, 0.4) is 0 Å². The Morgan fingerprint density at radius 3 is 2.53 bits per heavy atom. The monoisotopic (exact) mass is 464 g/mol. The molecule has 1 aliphatic rings. The Labute approximate surface area is 200 Å². The lowest BCUT2D eigenvalue weighted by molar-refractivity contribution is -0.151. The van der Waals surface area contributed by atoms with Gasteiger partial charge in [0.1, 0.15) is 11.5 Å². The van der Waals surface area contributed by atoms with Crippen LogP contribution in [0.25, 0.3) is 10.9 Å². The van der Waals surface area contributed by atoms with Crippen molar-refractivity contribution in [1.82, 2.24) is 9.88 Å². The van der Waals surface area contributed by atoms with E-state index in [1.807, 2.05) is 54.4 Å². The van der Waals surface area contributed by atoms with Crippen LogP contribution in [0.5, 0.6) is 11.5 Å². The molecule has 2 aromatic carbocycles. The molecule has 7 heteroatoms. The Kier molecular flexibility index (Phi) is 7.40. The molecule has 1 fully saturated rings. The Balaban J connectivity index is 1.61. The molecule has 1 amide bonds.